The monoisotopic (exact) mass is 351 g/mol. The summed E-state index contributed by atoms with van der Waals surface area (Å²) in [7, 11) is -2.08. The van der Waals surface area contributed by atoms with Gasteiger partial charge >= 0.3 is 0 Å². The predicted molar refractivity (Wildman–Crippen MR) is 89.4 cm³/mol. The van der Waals surface area contributed by atoms with Gasteiger partial charge < -0.3 is 9.97 Å². The molecule has 8 heteroatoms. The zero-order valence-electron chi connectivity index (χ0n) is 12.3. The molecule has 0 spiro atoms. The molecule has 2 heterocycles. The van der Waals surface area contributed by atoms with Crippen molar-refractivity contribution in [3.05, 3.63) is 39.8 Å². The SMILES string of the molecule is CN(C1CC1)S(=O)(=O)c1cc2c(cc1Cl)[nH]c(=O)c1[nH]ccc12. The summed E-state index contributed by atoms with van der Waals surface area (Å²) in [5, 5.41) is 1.43. The van der Waals surface area contributed by atoms with E-state index in [-0.39, 0.29) is 21.5 Å². The predicted octanol–water partition coefficient (Wildman–Crippen LogP) is 2.45. The van der Waals surface area contributed by atoms with Crippen molar-refractivity contribution in [2.75, 3.05) is 7.05 Å². The van der Waals surface area contributed by atoms with Crippen LogP contribution < -0.4 is 5.56 Å². The van der Waals surface area contributed by atoms with Gasteiger partial charge in [0.2, 0.25) is 10.0 Å². The van der Waals surface area contributed by atoms with E-state index in [1.165, 1.54) is 16.4 Å². The fourth-order valence-corrected chi connectivity index (χ4v) is 4.78. The Balaban J connectivity index is 2.03. The molecular weight excluding hydrogens is 338 g/mol. The molecule has 2 N–H and O–H groups in total. The van der Waals surface area contributed by atoms with Crippen molar-refractivity contribution in [3.8, 4) is 0 Å². The fraction of sp³-hybridized carbons (Fsp3) is 0.267. The number of pyridine rings is 1. The molecule has 120 valence electrons. The fourth-order valence-electron chi connectivity index (χ4n) is 2.83. The summed E-state index contributed by atoms with van der Waals surface area (Å²) in [6.07, 6.45) is 3.39. The second-order valence-corrected chi connectivity index (χ2v) is 8.17. The van der Waals surface area contributed by atoms with E-state index in [4.69, 9.17) is 11.6 Å². The zero-order chi connectivity index (χ0) is 16.4. The number of sulfonamides is 1. The molecular formula is C15H14ClN3O3S. The molecule has 23 heavy (non-hydrogen) atoms. The first-order valence-electron chi connectivity index (χ1n) is 7.20. The van der Waals surface area contributed by atoms with Crippen LogP contribution >= 0.6 is 11.6 Å². The quantitative estimate of drug-likeness (QED) is 0.760. The maximum absolute atomic E-state index is 12.8. The van der Waals surface area contributed by atoms with E-state index >= 15 is 0 Å². The summed E-state index contributed by atoms with van der Waals surface area (Å²) in [4.78, 5) is 17.7. The molecule has 6 nitrogen and oxygen atoms in total. The van der Waals surface area contributed by atoms with Crippen LogP contribution in [0.3, 0.4) is 0 Å². The number of hydrogen-bond donors (Lipinski definition) is 2. The van der Waals surface area contributed by atoms with E-state index < -0.39 is 10.0 Å². The van der Waals surface area contributed by atoms with Gasteiger partial charge in [0.1, 0.15) is 10.4 Å². The summed E-state index contributed by atoms with van der Waals surface area (Å²) >= 11 is 6.20. The Bertz CT molecular complexity index is 1100. The van der Waals surface area contributed by atoms with Crippen molar-refractivity contribution in [2.45, 2.75) is 23.8 Å². The molecule has 0 atom stereocenters. The molecule has 0 saturated heterocycles. The van der Waals surface area contributed by atoms with Gasteiger partial charge in [0.15, 0.2) is 0 Å². The van der Waals surface area contributed by atoms with Crippen LogP contribution in [0.2, 0.25) is 5.02 Å². The Kier molecular flexibility index (Phi) is 3.10. The standard InChI is InChI=1S/C15H14ClN3O3S/c1-19(8-2-3-8)23(21,22)13-6-10-9-4-5-17-14(9)15(20)18-12(10)7-11(13)16/h4-8,17H,2-3H2,1H3,(H,18,20). The van der Waals surface area contributed by atoms with E-state index in [1.807, 2.05) is 0 Å². The Hall–Kier alpha value is -1.83. The van der Waals surface area contributed by atoms with Gasteiger partial charge in [-0.15, -0.1) is 0 Å². The van der Waals surface area contributed by atoms with Crippen LogP contribution in [0.1, 0.15) is 12.8 Å². The molecule has 0 amide bonds. The van der Waals surface area contributed by atoms with Gasteiger partial charge in [-0.1, -0.05) is 11.6 Å². The molecule has 0 bridgehead atoms. The zero-order valence-corrected chi connectivity index (χ0v) is 13.8. The van der Waals surface area contributed by atoms with E-state index in [0.29, 0.717) is 21.8 Å². The van der Waals surface area contributed by atoms with Gasteiger partial charge in [-0.05, 0) is 31.0 Å². The number of fused-ring (bicyclic) bond motifs is 3. The molecule has 0 radical (unpaired) electrons. The lowest BCUT2D eigenvalue weighted by Crippen LogP contribution is -2.29. The number of rotatable bonds is 3. The average molecular weight is 352 g/mol. The van der Waals surface area contributed by atoms with Crippen molar-refractivity contribution < 1.29 is 8.42 Å². The van der Waals surface area contributed by atoms with Gasteiger partial charge in [0.05, 0.1) is 10.5 Å². The third kappa shape index (κ3) is 2.19. The molecule has 3 aromatic rings. The molecule has 0 aliphatic heterocycles. The van der Waals surface area contributed by atoms with Crippen LogP contribution in [0.15, 0.2) is 34.1 Å². The maximum Gasteiger partial charge on any atom is 0.272 e. The summed E-state index contributed by atoms with van der Waals surface area (Å²) < 4.78 is 26.9. The van der Waals surface area contributed by atoms with Crippen molar-refractivity contribution in [1.29, 1.82) is 0 Å². The number of halogens is 1. The van der Waals surface area contributed by atoms with Gasteiger partial charge in [0, 0.05) is 30.1 Å². The highest BCUT2D eigenvalue weighted by molar-refractivity contribution is 7.89. The van der Waals surface area contributed by atoms with Crippen LogP contribution in [0.25, 0.3) is 21.8 Å². The largest absolute Gasteiger partial charge is 0.357 e. The number of nitrogens with one attached hydrogen (secondary N) is 2. The number of aromatic amines is 2. The summed E-state index contributed by atoms with van der Waals surface area (Å²) in [6, 6.07) is 4.84. The van der Waals surface area contributed by atoms with Gasteiger partial charge in [-0.25, -0.2) is 8.42 Å². The summed E-state index contributed by atoms with van der Waals surface area (Å²) in [5.74, 6) is 0. The minimum Gasteiger partial charge on any atom is -0.357 e. The number of benzene rings is 1. The first kappa shape index (κ1) is 14.7. The lowest BCUT2D eigenvalue weighted by Gasteiger charge is -2.17. The van der Waals surface area contributed by atoms with Gasteiger partial charge in [-0.3, -0.25) is 4.79 Å². The van der Waals surface area contributed by atoms with E-state index in [1.54, 1.807) is 19.3 Å². The molecule has 1 fully saturated rings. The van der Waals surface area contributed by atoms with Crippen molar-refractivity contribution in [1.82, 2.24) is 14.3 Å². The topological polar surface area (TPSA) is 86.0 Å². The van der Waals surface area contributed by atoms with Crippen LogP contribution in [-0.2, 0) is 10.0 Å². The highest BCUT2D eigenvalue weighted by Gasteiger charge is 2.36. The highest BCUT2D eigenvalue weighted by Crippen LogP contribution is 2.35. The van der Waals surface area contributed by atoms with Gasteiger partial charge in [-0.2, -0.15) is 4.31 Å². The third-order valence-electron chi connectivity index (χ3n) is 4.30. The average Bonchev–Trinajstić information content (AvgIpc) is 3.22. The van der Waals surface area contributed by atoms with E-state index in [0.717, 1.165) is 12.8 Å². The number of aromatic nitrogens is 2. The Labute approximate surface area is 137 Å². The molecule has 0 unspecified atom stereocenters. The number of H-pyrrole nitrogens is 2. The van der Waals surface area contributed by atoms with Crippen molar-refractivity contribution >= 4 is 43.4 Å². The first-order valence-corrected chi connectivity index (χ1v) is 9.02. The Morgan fingerprint density at radius 2 is 2.00 bits per heavy atom. The second-order valence-electron chi connectivity index (χ2n) is 5.80. The minimum atomic E-state index is -3.66. The Morgan fingerprint density at radius 3 is 2.70 bits per heavy atom. The molecule has 1 aromatic carbocycles. The van der Waals surface area contributed by atoms with Crippen molar-refractivity contribution in [3.63, 3.8) is 0 Å². The molecule has 1 saturated carbocycles. The van der Waals surface area contributed by atoms with E-state index in [2.05, 4.69) is 9.97 Å². The highest BCUT2D eigenvalue weighted by atomic mass is 35.5. The number of nitrogens with zero attached hydrogens (tertiary/aromatic N) is 1. The minimum absolute atomic E-state index is 0.0506. The lowest BCUT2D eigenvalue weighted by atomic mass is 10.1. The summed E-state index contributed by atoms with van der Waals surface area (Å²) in [5.41, 5.74) is 0.665. The first-order chi connectivity index (χ1) is 10.9. The smallest absolute Gasteiger partial charge is 0.272 e. The van der Waals surface area contributed by atoms with Gasteiger partial charge in [0.25, 0.3) is 5.56 Å². The molecule has 4 rings (SSSR count). The second kappa shape index (κ2) is 4.83. The van der Waals surface area contributed by atoms with Crippen LogP contribution in [0.4, 0.5) is 0 Å². The normalized spacial score (nSPS) is 15.8. The van der Waals surface area contributed by atoms with Crippen LogP contribution in [0, 0.1) is 0 Å². The van der Waals surface area contributed by atoms with Crippen LogP contribution in [0.5, 0.6) is 0 Å². The molecule has 2 aromatic heterocycles. The Morgan fingerprint density at radius 1 is 1.26 bits per heavy atom. The third-order valence-corrected chi connectivity index (χ3v) is 6.68. The van der Waals surface area contributed by atoms with E-state index in [9.17, 15) is 13.2 Å². The number of hydrogen-bond acceptors (Lipinski definition) is 3. The maximum atomic E-state index is 12.8. The summed E-state index contributed by atoms with van der Waals surface area (Å²) in [6.45, 7) is 0. The molecule has 1 aliphatic rings. The van der Waals surface area contributed by atoms with Crippen LogP contribution in [-0.4, -0.2) is 35.8 Å². The van der Waals surface area contributed by atoms with Crippen molar-refractivity contribution in [2.24, 2.45) is 0 Å². The lowest BCUT2D eigenvalue weighted by molar-refractivity contribution is 0.464. The molecule has 1 aliphatic carbocycles.